The number of hydrogen-bond acceptors (Lipinski definition) is 8. The zero-order valence-electron chi connectivity index (χ0n) is 15.8. The summed E-state index contributed by atoms with van der Waals surface area (Å²) < 4.78 is 5.84. The van der Waals surface area contributed by atoms with Crippen molar-refractivity contribution in [1.82, 2.24) is 29.8 Å². The fourth-order valence-electron chi connectivity index (χ4n) is 3.47. The Kier molecular flexibility index (Phi) is 4.53. The highest BCUT2D eigenvalue weighted by Gasteiger charge is 2.23. The van der Waals surface area contributed by atoms with Crippen LogP contribution in [0.5, 0.6) is 0 Å². The predicted molar refractivity (Wildman–Crippen MR) is 108 cm³/mol. The molecule has 0 unspecified atom stereocenters. The van der Waals surface area contributed by atoms with Crippen LogP contribution >= 0.6 is 11.3 Å². The normalized spacial score (nSPS) is 14.1. The van der Waals surface area contributed by atoms with Crippen molar-refractivity contribution in [1.29, 1.82) is 0 Å². The molecule has 4 aromatic rings. The summed E-state index contributed by atoms with van der Waals surface area (Å²) in [5.74, 6) is 1.97. The third kappa shape index (κ3) is 3.50. The summed E-state index contributed by atoms with van der Waals surface area (Å²) in [5, 5.41) is 2.01. The molecule has 0 amide bonds. The predicted octanol–water partition coefficient (Wildman–Crippen LogP) is 2.81. The number of fused-ring (bicyclic) bond motifs is 1. The Morgan fingerprint density at radius 3 is 2.93 bits per heavy atom. The van der Waals surface area contributed by atoms with Crippen LogP contribution in [-0.4, -0.2) is 36.4 Å². The first kappa shape index (κ1) is 17.9. The Labute approximate surface area is 170 Å². The Morgan fingerprint density at radius 1 is 1.28 bits per heavy atom. The smallest absolute Gasteiger partial charge is 0.255 e. The van der Waals surface area contributed by atoms with Gasteiger partial charge in [0, 0.05) is 38.4 Å². The third-order valence-corrected chi connectivity index (χ3v) is 5.84. The van der Waals surface area contributed by atoms with Gasteiger partial charge in [0.1, 0.15) is 17.9 Å². The molecule has 0 radical (unpaired) electrons. The number of rotatable bonds is 4. The van der Waals surface area contributed by atoms with Crippen LogP contribution in [0.25, 0.3) is 22.2 Å². The number of oxazole rings is 1. The largest absolute Gasteiger partial charge is 0.440 e. The van der Waals surface area contributed by atoms with Crippen molar-refractivity contribution in [2.45, 2.75) is 26.4 Å². The van der Waals surface area contributed by atoms with Crippen LogP contribution in [-0.2, 0) is 19.5 Å². The molecule has 1 aliphatic heterocycles. The molecule has 5 heterocycles. The van der Waals surface area contributed by atoms with Gasteiger partial charge < -0.3 is 9.40 Å². The molecule has 0 aliphatic carbocycles. The molecule has 1 aliphatic rings. The van der Waals surface area contributed by atoms with Crippen molar-refractivity contribution < 1.29 is 4.42 Å². The Morgan fingerprint density at radius 2 is 2.14 bits per heavy atom. The third-order valence-electron chi connectivity index (χ3n) is 4.98. The molecule has 146 valence electrons. The molecule has 0 spiro atoms. The lowest BCUT2D eigenvalue weighted by Crippen LogP contribution is -2.35. The maximum atomic E-state index is 12.7. The maximum Gasteiger partial charge on any atom is 0.255 e. The minimum atomic E-state index is -0.116. The number of aromatic nitrogens is 5. The summed E-state index contributed by atoms with van der Waals surface area (Å²) in [6.45, 7) is 3.90. The van der Waals surface area contributed by atoms with Gasteiger partial charge in [-0.25, -0.2) is 19.9 Å². The molecular formula is C20H18N6O2S. The van der Waals surface area contributed by atoms with E-state index >= 15 is 0 Å². The van der Waals surface area contributed by atoms with Crippen molar-refractivity contribution in [3.8, 4) is 22.2 Å². The first-order valence-electron chi connectivity index (χ1n) is 9.27. The SMILES string of the molecule is Cc1oc(-c2cccs2)nc1CN1CCc2nc(-c3cncnc3)[nH]c(=O)c2C1. The monoisotopic (exact) mass is 406 g/mol. The van der Waals surface area contributed by atoms with E-state index in [1.54, 1.807) is 23.7 Å². The van der Waals surface area contributed by atoms with Gasteiger partial charge in [-0.1, -0.05) is 6.07 Å². The topological polar surface area (TPSA) is 101 Å². The molecule has 0 atom stereocenters. The van der Waals surface area contributed by atoms with Crippen LogP contribution < -0.4 is 5.56 Å². The van der Waals surface area contributed by atoms with Crippen molar-refractivity contribution in [2.75, 3.05) is 6.54 Å². The number of nitrogens with zero attached hydrogens (tertiary/aromatic N) is 5. The average Bonchev–Trinajstić information content (AvgIpc) is 3.39. The number of H-pyrrole nitrogens is 1. The molecule has 1 N–H and O–H groups in total. The van der Waals surface area contributed by atoms with E-state index in [1.165, 1.54) is 6.33 Å². The van der Waals surface area contributed by atoms with E-state index in [0.29, 0.717) is 42.4 Å². The van der Waals surface area contributed by atoms with Crippen LogP contribution in [0.15, 0.2) is 45.4 Å². The van der Waals surface area contributed by atoms with E-state index in [-0.39, 0.29) is 5.56 Å². The second-order valence-electron chi connectivity index (χ2n) is 6.93. The molecular weight excluding hydrogens is 388 g/mol. The van der Waals surface area contributed by atoms with Gasteiger partial charge in [0.25, 0.3) is 5.56 Å². The van der Waals surface area contributed by atoms with Crippen LogP contribution in [0, 0.1) is 6.92 Å². The zero-order valence-corrected chi connectivity index (χ0v) is 16.6. The molecule has 0 fully saturated rings. The van der Waals surface area contributed by atoms with Gasteiger partial charge in [0.05, 0.1) is 27.4 Å². The first-order valence-corrected chi connectivity index (χ1v) is 10.2. The van der Waals surface area contributed by atoms with Gasteiger partial charge >= 0.3 is 0 Å². The summed E-state index contributed by atoms with van der Waals surface area (Å²) in [6, 6.07) is 3.98. The van der Waals surface area contributed by atoms with E-state index in [4.69, 9.17) is 4.42 Å². The van der Waals surface area contributed by atoms with E-state index in [9.17, 15) is 4.79 Å². The van der Waals surface area contributed by atoms with Gasteiger partial charge in [0.2, 0.25) is 5.89 Å². The second kappa shape index (κ2) is 7.34. The molecule has 0 aromatic carbocycles. The number of aryl methyl sites for hydroxylation is 1. The summed E-state index contributed by atoms with van der Waals surface area (Å²) in [7, 11) is 0. The molecule has 0 bridgehead atoms. The highest BCUT2D eigenvalue weighted by Crippen LogP contribution is 2.27. The Bertz CT molecular complexity index is 1200. The summed E-state index contributed by atoms with van der Waals surface area (Å²) >= 11 is 1.60. The number of aromatic amines is 1. The van der Waals surface area contributed by atoms with Gasteiger partial charge in [-0.2, -0.15) is 0 Å². The molecule has 9 heteroatoms. The highest BCUT2D eigenvalue weighted by molar-refractivity contribution is 7.13. The molecule has 29 heavy (non-hydrogen) atoms. The van der Waals surface area contributed by atoms with E-state index in [1.807, 2.05) is 24.4 Å². The Hall–Kier alpha value is -3.17. The molecule has 0 saturated carbocycles. The van der Waals surface area contributed by atoms with Gasteiger partial charge in [-0.3, -0.25) is 9.69 Å². The lowest BCUT2D eigenvalue weighted by Gasteiger charge is -2.27. The van der Waals surface area contributed by atoms with E-state index < -0.39 is 0 Å². The Balaban J connectivity index is 1.37. The summed E-state index contributed by atoms with van der Waals surface area (Å²) in [6.07, 6.45) is 5.44. The molecule has 4 aromatic heterocycles. The second-order valence-corrected chi connectivity index (χ2v) is 7.87. The quantitative estimate of drug-likeness (QED) is 0.556. The summed E-state index contributed by atoms with van der Waals surface area (Å²) in [4.78, 5) is 36.1. The van der Waals surface area contributed by atoms with E-state index in [0.717, 1.165) is 28.6 Å². The van der Waals surface area contributed by atoms with Crippen molar-refractivity contribution in [3.63, 3.8) is 0 Å². The highest BCUT2D eigenvalue weighted by atomic mass is 32.1. The van der Waals surface area contributed by atoms with Crippen molar-refractivity contribution >= 4 is 11.3 Å². The van der Waals surface area contributed by atoms with Crippen LogP contribution in [0.4, 0.5) is 0 Å². The molecule has 0 saturated heterocycles. The molecule has 5 rings (SSSR count). The zero-order chi connectivity index (χ0) is 19.8. The van der Waals surface area contributed by atoms with Crippen molar-refractivity contribution in [3.05, 3.63) is 69.3 Å². The van der Waals surface area contributed by atoms with Gasteiger partial charge in [-0.15, -0.1) is 11.3 Å². The standard InChI is InChI=1S/C20H18N6O2S/c1-12-16(24-20(28-12)17-3-2-6-29-17)10-26-5-4-15-14(9-26)19(27)25-18(23-15)13-7-21-11-22-8-13/h2-3,6-8,11H,4-5,9-10H2,1H3,(H,23,25,27). The number of nitrogens with one attached hydrogen (secondary N) is 1. The minimum Gasteiger partial charge on any atom is -0.440 e. The van der Waals surface area contributed by atoms with Gasteiger partial charge in [0.15, 0.2) is 0 Å². The molecule has 8 nitrogen and oxygen atoms in total. The summed E-state index contributed by atoms with van der Waals surface area (Å²) in [5.41, 5.74) is 3.03. The first-order chi connectivity index (χ1) is 14.2. The van der Waals surface area contributed by atoms with E-state index in [2.05, 4.69) is 29.8 Å². The van der Waals surface area contributed by atoms with Crippen LogP contribution in [0.3, 0.4) is 0 Å². The lowest BCUT2D eigenvalue weighted by atomic mass is 10.1. The fourth-order valence-corrected chi connectivity index (χ4v) is 4.12. The number of thiophene rings is 1. The van der Waals surface area contributed by atoms with Crippen LogP contribution in [0.2, 0.25) is 0 Å². The minimum absolute atomic E-state index is 0.116. The fraction of sp³-hybridized carbons (Fsp3) is 0.250. The van der Waals surface area contributed by atoms with Gasteiger partial charge in [-0.05, 0) is 18.4 Å². The van der Waals surface area contributed by atoms with Crippen molar-refractivity contribution in [2.24, 2.45) is 0 Å². The maximum absolute atomic E-state index is 12.7. The van der Waals surface area contributed by atoms with Crippen LogP contribution in [0.1, 0.15) is 22.7 Å². The lowest BCUT2D eigenvalue weighted by molar-refractivity contribution is 0.238. The average molecular weight is 406 g/mol. The number of hydrogen-bond donors (Lipinski definition) is 1.